The van der Waals surface area contributed by atoms with Crippen LogP contribution < -0.4 is 5.32 Å². The second kappa shape index (κ2) is 6.81. The van der Waals surface area contributed by atoms with Crippen molar-refractivity contribution >= 4 is 23.0 Å². The van der Waals surface area contributed by atoms with Gasteiger partial charge in [0.25, 0.3) is 0 Å². The fourth-order valence-corrected chi connectivity index (χ4v) is 2.72. The van der Waals surface area contributed by atoms with Crippen LogP contribution in [0, 0.1) is 13.8 Å². The first kappa shape index (κ1) is 14.9. The molecule has 0 saturated carbocycles. The molecule has 0 heterocycles. The van der Waals surface area contributed by atoms with Gasteiger partial charge in [-0.25, -0.2) is 0 Å². The van der Waals surface area contributed by atoms with E-state index in [2.05, 4.69) is 50.4 Å². The van der Waals surface area contributed by atoms with Crippen LogP contribution in [0.25, 0.3) is 0 Å². The molecular formula is C18H22ClN. The van der Waals surface area contributed by atoms with Crippen molar-refractivity contribution < 1.29 is 0 Å². The van der Waals surface area contributed by atoms with Gasteiger partial charge in [0.1, 0.15) is 0 Å². The topological polar surface area (TPSA) is 12.0 Å². The summed E-state index contributed by atoms with van der Waals surface area (Å²) in [7, 11) is 0. The summed E-state index contributed by atoms with van der Waals surface area (Å²) in [6.45, 7) is 6.38. The number of hydrogen-bond donors (Lipinski definition) is 1. The normalized spacial score (nSPS) is 10.6. The van der Waals surface area contributed by atoms with Crippen molar-refractivity contribution in [2.75, 3.05) is 5.32 Å². The third kappa shape index (κ3) is 3.77. The van der Waals surface area contributed by atoms with Crippen LogP contribution in [0.2, 0.25) is 5.02 Å². The molecule has 2 rings (SSSR count). The van der Waals surface area contributed by atoms with Gasteiger partial charge >= 0.3 is 0 Å². The van der Waals surface area contributed by atoms with Gasteiger partial charge in [0.2, 0.25) is 0 Å². The highest BCUT2D eigenvalue weighted by Gasteiger charge is 2.05. The minimum Gasteiger partial charge on any atom is -0.355 e. The number of nitrogens with one attached hydrogen (secondary N) is 1. The van der Waals surface area contributed by atoms with Crippen molar-refractivity contribution in [2.24, 2.45) is 0 Å². The van der Waals surface area contributed by atoms with Crippen LogP contribution in [-0.2, 0) is 6.42 Å². The minimum atomic E-state index is 0.792. The molecule has 2 heteroatoms. The second-order valence-electron chi connectivity index (χ2n) is 5.34. The second-order valence-corrected chi connectivity index (χ2v) is 5.78. The predicted molar refractivity (Wildman–Crippen MR) is 89.3 cm³/mol. The van der Waals surface area contributed by atoms with Crippen LogP contribution in [0.15, 0.2) is 36.4 Å². The third-order valence-corrected chi connectivity index (χ3v) is 3.76. The maximum Gasteiger partial charge on any atom is 0.0444 e. The lowest BCUT2D eigenvalue weighted by molar-refractivity contribution is 0.795. The first-order chi connectivity index (χ1) is 9.60. The summed E-state index contributed by atoms with van der Waals surface area (Å²) >= 11 is 6.07. The first-order valence-electron chi connectivity index (χ1n) is 7.23. The monoisotopic (exact) mass is 287 g/mol. The SMILES string of the molecule is CCCCc1ccc(Nc2c(C)cc(Cl)cc2C)cc1. The summed E-state index contributed by atoms with van der Waals surface area (Å²) < 4.78 is 0. The van der Waals surface area contributed by atoms with Crippen molar-refractivity contribution in [3.8, 4) is 0 Å². The zero-order chi connectivity index (χ0) is 14.5. The van der Waals surface area contributed by atoms with Crippen LogP contribution in [-0.4, -0.2) is 0 Å². The molecule has 1 nitrogen and oxygen atoms in total. The van der Waals surface area contributed by atoms with E-state index in [0.717, 1.165) is 22.8 Å². The number of aryl methyl sites for hydroxylation is 3. The Hall–Kier alpha value is -1.47. The highest BCUT2D eigenvalue weighted by Crippen LogP contribution is 2.28. The van der Waals surface area contributed by atoms with Crippen LogP contribution in [0.4, 0.5) is 11.4 Å². The van der Waals surface area contributed by atoms with Crippen molar-refractivity contribution in [3.05, 3.63) is 58.1 Å². The molecule has 1 N–H and O–H groups in total. The Kier molecular flexibility index (Phi) is 5.08. The van der Waals surface area contributed by atoms with Crippen LogP contribution in [0.1, 0.15) is 36.5 Å². The van der Waals surface area contributed by atoms with Gasteiger partial charge in [0.05, 0.1) is 0 Å². The van der Waals surface area contributed by atoms with E-state index in [9.17, 15) is 0 Å². The zero-order valence-corrected chi connectivity index (χ0v) is 13.2. The van der Waals surface area contributed by atoms with E-state index < -0.39 is 0 Å². The summed E-state index contributed by atoms with van der Waals surface area (Å²) in [5.74, 6) is 0. The lowest BCUT2D eigenvalue weighted by atomic mass is 10.1. The largest absolute Gasteiger partial charge is 0.355 e. The first-order valence-corrected chi connectivity index (χ1v) is 7.60. The number of halogens is 1. The highest BCUT2D eigenvalue weighted by atomic mass is 35.5. The minimum absolute atomic E-state index is 0.792. The van der Waals surface area contributed by atoms with E-state index >= 15 is 0 Å². The van der Waals surface area contributed by atoms with Crippen molar-refractivity contribution in [1.82, 2.24) is 0 Å². The molecular weight excluding hydrogens is 266 g/mol. The van der Waals surface area contributed by atoms with E-state index in [0.29, 0.717) is 0 Å². The van der Waals surface area contributed by atoms with Gasteiger partial charge in [-0.1, -0.05) is 37.1 Å². The maximum absolute atomic E-state index is 6.07. The van der Waals surface area contributed by atoms with Crippen molar-refractivity contribution in [2.45, 2.75) is 40.0 Å². The van der Waals surface area contributed by atoms with Gasteiger partial charge in [-0.2, -0.15) is 0 Å². The molecule has 0 fully saturated rings. The molecule has 0 aliphatic rings. The van der Waals surface area contributed by atoms with Gasteiger partial charge in [-0.3, -0.25) is 0 Å². The molecule has 20 heavy (non-hydrogen) atoms. The average molecular weight is 288 g/mol. The molecule has 0 amide bonds. The molecule has 2 aromatic rings. The fraction of sp³-hybridized carbons (Fsp3) is 0.333. The predicted octanol–water partition coefficient (Wildman–Crippen LogP) is 6.04. The molecule has 106 valence electrons. The molecule has 0 bridgehead atoms. The molecule has 0 aromatic heterocycles. The number of unbranched alkanes of at least 4 members (excludes halogenated alkanes) is 1. The van der Waals surface area contributed by atoms with Crippen molar-refractivity contribution in [1.29, 1.82) is 0 Å². The molecule has 0 aliphatic heterocycles. The number of anilines is 2. The van der Waals surface area contributed by atoms with E-state index in [1.54, 1.807) is 0 Å². The van der Waals surface area contributed by atoms with E-state index in [1.165, 1.54) is 29.5 Å². The summed E-state index contributed by atoms with van der Waals surface area (Å²) in [5.41, 5.74) is 6.02. The number of hydrogen-bond acceptors (Lipinski definition) is 1. The molecule has 0 saturated heterocycles. The van der Waals surface area contributed by atoms with Crippen LogP contribution >= 0.6 is 11.6 Å². The van der Waals surface area contributed by atoms with E-state index in [-0.39, 0.29) is 0 Å². The Morgan fingerprint density at radius 2 is 1.60 bits per heavy atom. The molecule has 0 unspecified atom stereocenters. The summed E-state index contributed by atoms with van der Waals surface area (Å²) in [6.07, 6.45) is 3.65. The van der Waals surface area contributed by atoms with Crippen LogP contribution in [0.3, 0.4) is 0 Å². The smallest absolute Gasteiger partial charge is 0.0444 e. The van der Waals surface area contributed by atoms with Crippen molar-refractivity contribution in [3.63, 3.8) is 0 Å². The zero-order valence-electron chi connectivity index (χ0n) is 12.5. The van der Waals surface area contributed by atoms with Gasteiger partial charge < -0.3 is 5.32 Å². The molecule has 0 atom stereocenters. The number of benzene rings is 2. The third-order valence-electron chi connectivity index (χ3n) is 3.54. The van der Waals surface area contributed by atoms with Gasteiger partial charge in [0.15, 0.2) is 0 Å². The Bertz CT molecular complexity index is 549. The van der Waals surface area contributed by atoms with E-state index in [1.807, 2.05) is 12.1 Å². The molecule has 0 aliphatic carbocycles. The van der Waals surface area contributed by atoms with Crippen LogP contribution in [0.5, 0.6) is 0 Å². The average Bonchev–Trinajstić information content (AvgIpc) is 2.42. The Labute approximate surface area is 127 Å². The summed E-state index contributed by atoms with van der Waals surface area (Å²) in [6, 6.07) is 12.7. The Morgan fingerprint density at radius 3 is 2.15 bits per heavy atom. The number of rotatable bonds is 5. The summed E-state index contributed by atoms with van der Waals surface area (Å²) in [4.78, 5) is 0. The lowest BCUT2D eigenvalue weighted by Gasteiger charge is -2.14. The quantitative estimate of drug-likeness (QED) is 0.706. The molecule has 0 radical (unpaired) electrons. The van der Waals surface area contributed by atoms with Gasteiger partial charge in [-0.15, -0.1) is 0 Å². The van der Waals surface area contributed by atoms with Gasteiger partial charge in [-0.05, 0) is 67.6 Å². The highest BCUT2D eigenvalue weighted by molar-refractivity contribution is 6.30. The maximum atomic E-state index is 6.07. The standard InChI is InChI=1S/C18H22ClN/c1-4-5-6-15-7-9-17(10-8-15)20-18-13(2)11-16(19)12-14(18)3/h7-12,20H,4-6H2,1-3H3. The summed E-state index contributed by atoms with van der Waals surface area (Å²) in [5, 5.41) is 4.28. The Balaban J connectivity index is 2.14. The lowest BCUT2D eigenvalue weighted by Crippen LogP contribution is -1.96. The fourth-order valence-electron chi connectivity index (χ4n) is 2.39. The molecule has 0 spiro atoms. The van der Waals surface area contributed by atoms with Gasteiger partial charge in [0, 0.05) is 16.4 Å². The molecule has 2 aromatic carbocycles. The Morgan fingerprint density at radius 1 is 1.00 bits per heavy atom. The van der Waals surface area contributed by atoms with E-state index in [4.69, 9.17) is 11.6 Å².